The van der Waals surface area contributed by atoms with Gasteiger partial charge in [-0.25, -0.2) is 0 Å². The van der Waals surface area contributed by atoms with E-state index in [1.54, 1.807) is 24.3 Å². The predicted octanol–water partition coefficient (Wildman–Crippen LogP) is 2.57. The number of aromatic nitrogens is 1. The minimum absolute atomic E-state index is 0.0559. The van der Waals surface area contributed by atoms with Crippen LogP contribution >= 0.6 is 11.6 Å². The van der Waals surface area contributed by atoms with Gasteiger partial charge in [-0.15, -0.1) is 0 Å². The maximum absolute atomic E-state index is 12.2. The third-order valence-corrected chi connectivity index (χ3v) is 4.89. The molecule has 1 saturated heterocycles. The summed E-state index contributed by atoms with van der Waals surface area (Å²) in [5, 5.41) is 5.84. The molecule has 1 fully saturated rings. The van der Waals surface area contributed by atoms with Crippen LogP contribution in [-0.4, -0.2) is 40.9 Å². The number of benzene rings is 1. The fourth-order valence-electron chi connectivity index (χ4n) is 3.32. The smallest absolute Gasteiger partial charge is 0.313 e. The minimum atomic E-state index is -0.695. The molecule has 3 rings (SSSR count). The zero-order valence-electron chi connectivity index (χ0n) is 14.7. The van der Waals surface area contributed by atoms with Gasteiger partial charge in [0, 0.05) is 36.2 Å². The number of rotatable bonds is 5. The number of anilines is 1. The van der Waals surface area contributed by atoms with Crippen molar-refractivity contribution in [2.24, 2.45) is 7.05 Å². The average molecular weight is 375 g/mol. The molecule has 6 nitrogen and oxygen atoms in total. The quantitative estimate of drug-likeness (QED) is 0.790. The first-order valence-electron chi connectivity index (χ1n) is 8.74. The molecule has 2 heterocycles. The highest BCUT2D eigenvalue weighted by atomic mass is 35.5. The topological polar surface area (TPSA) is 66.4 Å². The Morgan fingerprint density at radius 1 is 1.15 bits per heavy atom. The molecule has 1 atom stereocenters. The van der Waals surface area contributed by atoms with Crippen molar-refractivity contribution in [3.8, 4) is 0 Å². The van der Waals surface area contributed by atoms with E-state index in [4.69, 9.17) is 11.6 Å². The Hall–Kier alpha value is -2.31. The maximum atomic E-state index is 12.2. The van der Waals surface area contributed by atoms with E-state index in [1.807, 2.05) is 19.3 Å². The van der Waals surface area contributed by atoms with Gasteiger partial charge in [0.1, 0.15) is 0 Å². The van der Waals surface area contributed by atoms with E-state index in [0.717, 1.165) is 31.6 Å². The number of aryl methyl sites for hydroxylation is 1. The molecule has 0 spiro atoms. The van der Waals surface area contributed by atoms with Crippen molar-refractivity contribution in [2.75, 3.05) is 25.0 Å². The van der Waals surface area contributed by atoms with E-state index >= 15 is 0 Å². The van der Waals surface area contributed by atoms with Crippen LogP contribution < -0.4 is 10.6 Å². The summed E-state index contributed by atoms with van der Waals surface area (Å²) in [5.41, 5.74) is 1.62. The monoisotopic (exact) mass is 374 g/mol. The molecule has 0 aliphatic carbocycles. The van der Waals surface area contributed by atoms with Crippen molar-refractivity contribution in [2.45, 2.75) is 18.9 Å². The minimum Gasteiger partial charge on any atom is -0.353 e. The number of nitrogens with one attached hydrogen (secondary N) is 2. The van der Waals surface area contributed by atoms with Gasteiger partial charge in [0.05, 0.1) is 6.04 Å². The highest BCUT2D eigenvalue weighted by Gasteiger charge is 2.26. The zero-order valence-corrected chi connectivity index (χ0v) is 15.5. The van der Waals surface area contributed by atoms with Gasteiger partial charge in [-0.05, 0) is 56.3 Å². The van der Waals surface area contributed by atoms with Crippen molar-refractivity contribution in [3.63, 3.8) is 0 Å². The Kier molecular flexibility index (Phi) is 5.96. The number of amides is 2. The van der Waals surface area contributed by atoms with Crippen LogP contribution in [0.5, 0.6) is 0 Å². The lowest BCUT2D eigenvalue weighted by molar-refractivity contribution is -0.136. The standard InChI is InChI=1S/C19H23ClN4O2/c1-23-9-5-8-16(23)17(24-10-2-3-11-24)13-21-18(25)19(26)22-15-7-4-6-14(20)12-15/h4-9,12,17H,2-3,10-11,13H2,1H3,(H,21,25)(H,22,26). The maximum Gasteiger partial charge on any atom is 0.313 e. The lowest BCUT2D eigenvalue weighted by atomic mass is 10.1. The van der Waals surface area contributed by atoms with Gasteiger partial charge in [-0.3, -0.25) is 14.5 Å². The summed E-state index contributed by atoms with van der Waals surface area (Å²) >= 11 is 5.90. The van der Waals surface area contributed by atoms with Gasteiger partial charge in [-0.2, -0.15) is 0 Å². The summed E-state index contributed by atoms with van der Waals surface area (Å²) in [6.07, 6.45) is 4.31. The number of hydrogen-bond acceptors (Lipinski definition) is 3. The third kappa shape index (κ3) is 4.45. The van der Waals surface area contributed by atoms with Crippen LogP contribution in [-0.2, 0) is 16.6 Å². The number of likely N-dealkylation sites (tertiary alicyclic amines) is 1. The molecule has 2 N–H and O–H groups in total. The Morgan fingerprint density at radius 2 is 1.92 bits per heavy atom. The molecule has 1 aliphatic heterocycles. The van der Waals surface area contributed by atoms with E-state index < -0.39 is 11.8 Å². The first kappa shape index (κ1) is 18.5. The summed E-state index contributed by atoms with van der Waals surface area (Å²) in [5.74, 6) is -1.34. The largest absolute Gasteiger partial charge is 0.353 e. The van der Waals surface area contributed by atoms with Crippen LogP contribution in [0.25, 0.3) is 0 Å². The molecular weight excluding hydrogens is 352 g/mol. The van der Waals surface area contributed by atoms with Gasteiger partial charge in [0.2, 0.25) is 0 Å². The van der Waals surface area contributed by atoms with E-state index in [9.17, 15) is 9.59 Å². The van der Waals surface area contributed by atoms with Crippen molar-refractivity contribution in [1.29, 1.82) is 0 Å². The van der Waals surface area contributed by atoms with Crippen LogP contribution in [0, 0.1) is 0 Å². The molecule has 2 aromatic rings. The lowest BCUT2D eigenvalue weighted by Gasteiger charge is -2.28. The molecule has 1 unspecified atom stereocenters. The highest BCUT2D eigenvalue weighted by Crippen LogP contribution is 2.24. The van der Waals surface area contributed by atoms with E-state index in [1.165, 1.54) is 0 Å². The first-order valence-corrected chi connectivity index (χ1v) is 9.12. The second-order valence-corrected chi connectivity index (χ2v) is 6.91. The normalized spacial score (nSPS) is 15.6. The summed E-state index contributed by atoms with van der Waals surface area (Å²) in [6, 6.07) is 10.8. The van der Waals surface area contributed by atoms with Gasteiger partial charge < -0.3 is 15.2 Å². The number of halogens is 1. The average Bonchev–Trinajstić information content (AvgIpc) is 3.28. The number of nitrogens with zero attached hydrogens (tertiary/aromatic N) is 2. The van der Waals surface area contributed by atoms with E-state index in [-0.39, 0.29) is 6.04 Å². The van der Waals surface area contributed by atoms with Gasteiger partial charge in [-0.1, -0.05) is 17.7 Å². The molecule has 26 heavy (non-hydrogen) atoms. The Labute approximate surface area is 158 Å². The van der Waals surface area contributed by atoms with Crippen molar-refractivity contribution >= 4 is 29.1 Å². The van der Waals surface area contributed by atoms with Gasteiger partial charge in [0.25, 0.3) is 0 Å². The molecule has 1 aliphatic rings. The van der Waals surface area contributed by atoms with E-state index in [2.05, 4.69) is 26.2 Å². The molecule has 0 saturated carbocycles. The molecule has 2 amide bonds. The summed E-state index contributed by atoms with van der Waals surface area (Å²) in [4.78, 5) is 26.7. The summed E-state index contributed by atoms with van der Waals surface area (Å²) < 4.78 is 2.06. The molecule has 138 valence electrons. The SMILES string of the molecule is Cn1cccc1C(CNC(=O)C(=O)Nc1cccc(Cl)c1)N1CCCC1. The summed E-state index contributed by atoms with van der Waals surface area (Å²) in [7, 11) is 1.99. The van der Waals surface area contributed by atoms with Crippen LogP contribution in [0.2, 0.25) is 5.02 Å². The highest BCUT2D eigenvalue weighted by molar-refractivity contribution is 6.39. The lowest BCUT2D eigenvalue weighted by Crippen LogP contribution is -2.41. The first-order chi connectivity index (χ1) is 12.5. The second-order valence-electron chi connectivity index (χ2n) is 6.48. The van der Waals surface area contributed by atoms with Gasteiger partial charge >= 0.3 is 11.8 Å². The molecular formula is C19H23ClN4O2. The zero-order chi connectivity index (χ0) is 18.5. The van der Waals surface area contributed by atoms with Crippen LogP contribution in [0.4, 0.5) is 5.69 Å². The van der Waals surface area contributed by atoms with Crippen LogP contribution in [0.1, 0.15) is 24.6 Å². The molecule has 1 aromatic heterocycles. The van der Waals surface area contributed by atoms with Crippen LogP contribution in [0.3, 0.4) is 0 Å². The second kappa shape index (κ2) is 8.38. The Morgan fingerprint density at radius 3 is 2.58 bits per heavy atom. The number of hydrogen-bond donors (Lipinski definition) is 2. The van der Waals surface area contributed by atoms with E-state index in [0.29, 0.717) is 17.3 Å². The predicted molar refractivity (Wildman–Crippen MR) is 102 cm³/mol. The third-order valence-electron chi connectivity index (χ3n) is 4.65. The van der Waals surface area contributed by atoms with Gasteiger partial charge in [0.15, 0.2) is 0 Å². The molecule has 7 heteroatoms. The fourth-order valence-corrected chi connectivity index (χ4v) is 3.51. The van der Waals surface area contributed by atoms with Crippen molar-refractivity contribution < 1.29 is 9.59 Å². The number of carbonyl (C=O) groups is 2. The molecule has 0 bridgehead atoms. The molecule has 0 radical (unpaired) electrons. The Bertz CT molecular complexity index is 783. The van der Waals surface area contributed by atoms with Crippen LogP contribution in [0.15, 0.2) is 42.6 Å². The Balaban J connectivity index is 1.62. The van der Waals surface area contributed by atoms with Crippen molar-refractivity contribution in [3.05, 3.63) is 53.3 Å². The molecule has 1 aromatic carbocycles. The van der Waals surface area contributed by atoms with Crippen molar-refractivity contribution in [1.82, 2.24) is 14.8 Å². The number of carbonyl (C=O) groups excluding carboxylic acids is 2. The fraction of sp³-hybridized carbons (Fsp3) is 0.368. The summed E-state index contributed by atoms with van der Waals surface area (Å²) in [6.45, 7) is 2.39.